The van der Waals surface area contributed by atoms with Crippen LogP contribution in [0.25, 0.3) is 0 Å². The van der Waals surface area contributed by atoms with Crippen molar-refractivity contribution >= 4 is 27.3 Å². The van der Waals surface area contributed by atoms with Crippen molar-refractivity contribution in [3.63, 3.8) is 0 Å². The molecule has 0 saturated carbocycles. The van der Waals surface area contributed by atoms with E-state index in [0.717, 1.165) is 0 Å². The summed E-state index contributed by atoms with van der Waals surface area (Å²) in [4.78, 5) is 14.9. The van der Waals surface area contributed by atoms with Crippen LogP contribution in [0.15, 0.2) is 47.4 Å². The molecule has 10 nitrogen and oxygen atoms in total. The fourth-order valence-electron chi connectivity index (χ4n) is 3.81. The number of carbonyl (C=O) groups is 1. The lowest BCUT2D eigenvalue weighted by molar-refractivity contribution is -0.118. The van der Waals surface area contributed by atoms with E-state index in [1.54, 1.807) is 36.4 Å². The molecule has 1 amide bonds. The van der Waals surface area contributed by atoms with Crippen molar-refractivity contribution in [2.75, 3.05) is 69.4 Å². The highest BCUT2D eigenvalue weighted by Gasteiger charge is 2.28. The van der Waals surface area contributed by atoms with E-state index in [1.807, 2.05) is 11.0 Å². The summed E-state index contributed by atoms with van der Waals surface area (Å²) < 4.78 is 43.9. The zero-order chi connectivity index (χ0) is 24.0. The molecule has 0 unspecified atom stereocenters. The van der Waals surface area contributed by atoms with Crippen LogP contribution >= 0.6 is 0 Å². The van der Waals surface area contributed by atoms with E-state index in [0.29, 0.717) is 62.2 Å². The van der Waals surface area contributed by atoms with E-state index < -0.39 is 15.9 Å². The highest BCUT2D eigenvalue weighted by molar-refractivity contribution is 7.89. The Morgan fingerprint density at radius 1 is 1.03 bits per heavy atom. The Kier molecular flexibility index (Phi) is 7.64. The first kappa shape index (κ1) is 24.0. The fraction of sp³-hybridized carbons (Fsp3) is 0.391. The molecular weight excluding hydrogens is 460 g/mol. The molecule has 0 spiro atoms. The number of nitriles is 1. The number of para-hydroxylation sites is 1. The van der Waals surface area contributed by atoms with Gasteiger partial charge in [0.05, 0.1) is 48.3 Å². The Morgan fingerprint density at radius 2 is 1.71 bits per heavy atom. The fourth-order valence-corrected chi connectivity index (χ4v) is 5.24. The summed E-state index contributed by atoms with van der Waals surface area (Å²) in [6.07, 6.45) is 0. The van der Waals surface area contributed by atoms with Gasteiger partial charge in [0.25, 0.3) is 5.91 Å². The number of nitrogens with one attached hydrogen (secondary N) is 1. The molecule has 0 radical (unpaired) electrons. The first-order valence-corrected chi connectivity index (χ1v) is 12.4. The van der Waals surface area contributed by atoms with Gasteiger partial charge in [-0.1, -0.05) is 12.1 Å². The van der Waals surface area contributed by atoms with Gasteiger partial charge >= 0.3 is 0 Å². The number of ether oxygens (including phenoxy) is 3. The summed E-state index contributed by atoms with van der Waals surface area (Å²) in [5.41, 5.74) is 1.40. The molecule has 2 fully saturated rings. The molecule has 34 heavy (non-hydrogen) atoms. The number of anilines is 2. The average molecular weight is 487 g/mol. The molecule has 1 N–H and O–H groups in total. The minimum atomic E-state index is -3.74. The van der Waals surface area contributed by atoms with Crippen molar-refractivity contribution in [3.05, 3.63) is 48.0 Å². The van der Waals surface area contributed by atoms with Gasteiger partial charge in [-0.15, -0.1) is 0 Å². The molecule has 2 aliphatic rings. The number of nitrogens with zero attached hydrogens (tertiary/aromatic N) is 3. The third-order valence-electron chi connectivity index (χ3n) is 5.57. The maximum Gasteiger partial charge on any atom is 0.262 e. The van der Waals surface area contributed by atoms with Gasteiger partial charge in [0.1, 0.15) is 11.8 Å². The lowest BCUT2D eigenvalue weighted by Gasteiger charge is -2.31. The van der Waals surface area contributed by atoms with Crippen LogP contribution in [0.1, 0.15) is 5.56 Å². The smallest absolute Gasteiger partial charge is 0.262 e. The van der Waals surface area contributed by atoms with Gasteiger partial charge in [-0.25, -0.2) is 8.42 Å². The molecule has 2 aliphatic heterocycles. The second kappa shape index (κ2) is 10.8. The minimum absolute atomic E-state index is 0.0949. The summed E-state index contributed by atoms with van der Waals surface area (Å²) in [5, 5.41) is 12.0. The molecule has 180 valence electrons. The van der Waals surface area contributed by atoms with Crippen molar-refractivity contribution in [1.82, 2.24) is 4.31 Å². The largest absolute Gasteiger partial charge is 0.482 e. The maximum atomic E-state index is 13.2. The number of hydrogen-bond acceptors (Lipinski definition) is 8. The Hall–Kier alpha value is -3.17. The second-order valence-electron chi connectivity index (χ2n) is 7.74. The van der Waals surface area contributed by atoms with E-state index in [-0.39, 0.29) is 24.6 Å². The summed E-state index contributed by atoms with van der Waals surface area (Å²) >= 11 is 0. The Labute approximate surface area is 198 Å². The first-order valence-electron chi connectivity index (χ1n) is 11.0. The van der Waals surface area contributed by atoms with Crippen LogP contribution in [0, 0.1) is 11.3 Å². The van der Waals surface area contributed by atoms with Gasteiger partial charge in [-0.3, -0.25) is 4.79 Å². The number of carbonyl (C=O) groups excluding carboxylic acids is 1. The zero-order valence-corrected chi connectivity index (χ0v) is 19.4. The van der Waals surface area contributed by atoms with Crippen molar-refractivity contribution in [2.45, 2.75) is 4.90 Å². The molecule has 2 heterocycles. The minimum Gasteiger partial charge on any atom is -0.482 e. The number of benzene rings is 2. The molecule has 2 saturated heterocycles. The third-order valence-corrected chi connectivity index (χ3v) is 7.46. The first-order chi connectivity index (χ1) is 16.5. The topological polar surface area (TPSA) is 121 Å². The van der Waals surface area contributed by atoms with Gasteiger partial charge in [0.15, 0.2) is 6.61 Å². The molecule has 2 aromatic carbocycles. The molecule has 0 aliphatic carbocycles. The Balaban J connectivity index is 1.57. The molecule has 2 aromatic rings. The van der Waals surface area contributed by atoms with Gasteiger partial charge in [-0.05, 0) is 30.3 Å². The van der Waals surface area contributed by atoms with Crippen LogP contribution in [-0.2, 0) is 24.3 Å². The van der Waals surface area contributed by atoms with Gasteiger partial charge in [0.2, 0.25) is 10.0 Å². The SMILES string of the molecule is N#Cc1ccccc1OCC(=O)Nc1cc(S(=O)(=O)N2CCOCC2)ccc1N1CCOCC1. The standard InChI is InChI=1S/C23H26N4O6S/c24-16-18-3-1-2-4-22(18)33-17-23(28)25-20-15-19(34(29,30)27-9-13-32-14-10-27)5-6-21(20)26-7-11-31-12-8-26/h1-6,15H,7-14,17H2,(H,25,28). The molecule has 0 bridgehead atoms. The second-order valence-corrected chi connectivity index (χ2v) is 9.68. The third kappa shape index (κ3) is 5.48. The van der Waals surface area contributed by atoms with Gasteiger partial charge < -0.3 is 24.4 Å². The van der Waals surface area contributed by atoms with E-state index >= 15 is 0 Å². The van der Waals surface area contributed by atoms with Crippen LogP contribution in [-0.4, -0.2) is 77.8 Å². The summed E-state index contributed by atoms with van der Waals surface area (Å²) in [6, 6.07) is 13.4. The number of sulfonamides is 1. The summed E-state index contributed by atoms with van der Waals surface area (Å²) in [7, 11) is -3.74. The van der Waals surface area contributed by atoms with Crippen molar-refractivity contribution in [1.29, 1.82) is 5.26 Å². The number of hydrogen-bond donors (Lipinski definition) is 1. The van der Waals surface area contributed by atoms with Gasteiger partial charge in [-0.2, -0.15) is 9.57 Å². The van der Waals surface area contributed by atoms with Crippen LogP contribution in [0.4, 0.5) is 11.4 Å². The van der Waals surface area contributed by atoms with E-state index in [4.69, 9.17) is 14.2 Å². The monoisotopic (exact) mass is 486 g/mol. The molecule has 0 atom stereocenters. The van der Waals surface area contributed by atoms with E-state index in [1.165, 1.54) is 10.4 Å². The Morgan fingerprint density at radius 3 is 2.41 bits per heavy atom. The summed E-state index contributed by atoms with van der Waals surface area (Å²) in [5.74, 6) is -0.166. The Bertz CT molecular complexity index is 1170. The van der Waals surface area contributed by atoms with Crippen molar-refractivity contribution in [3.8, 4) is 11.8 Å². The summed E-state index contributed by atoms with van der Waals surface area (Å²) in [6.45, 7) is 3.22. The van der Waals surface area contributed by atoms with Gasteiger partial charge in [0, 0.05) is 26.2 Å². The highest BCUT2D eigenvalue weighted by atomic mass is 32.2. The number of amides is 1. The predicted molar refractivity (Wildman–Crippen MR) is 124 cm³/mol. The van der Waals surface area contributed by atoms with E-state index in [2.05, 4.69) is 5.32 Å². The van der Waals surface area contributed by atoms with Crippen LogP contribution < -0.4 is 15.0 Å². The molecule has 0 aromatic heterocycles. The zero-order valence-electron chi connectivity index (χ0n) is 18.6. The normalized spacial score (nSPS) is 17.1. The lowest BCUT2D eigenvalue weighted by Crippen LogP contribution is -2.40. The predicted octanol–water partition coefficient (Wildman–Crippen LogP) is 1.43. The van der Waals surface area contributed by atoms with Crippen LogP contribution in [0.2, 0.25) is 0 Å². The molecule has 11 heteroatoms. The lowest BCUT2D eigenvalue weighted by atomic mass is 10.2. The molecule has 4 rings (SSSR count). The quantitative estimate of drug-likeness (QED) is 0.624. The average Bonchev–Trinajstić information content (AvgIpc) is 2.88. The van der Waals surface area contributed by atoms with Crippen LogP contribution in [0.3, 0.4) is 0 Å². The van der Waals surface area contributed by atoms with Crippen molar-refractivity contribution < 1.29 is 27.4 Å². The van der Waals surface area contributed by atoms with E-state index in [9.17, 15) is 18.5 Å². The maximum absolute atomic E-state index is 13.2. The number of morpholine rings is 2. The van der Waals surface area contributed by atoms with Crippen molar-refractivity contribution in [2.24, 2.45) is 0 Å². The highest BCUT2D eigenvalue weighted by Crippen LogP contribution is 2.31. The molecular formula is C23H26N4O6S. The van der Waals surface area contributed by atoms with Crippen LogP contribution in [0.5, 0.6) is 5.75 Å². The number of rotatable bonds is 7.